The van der Waals surface area contributed by atoms with Gasteiger partial charge in [0.15, 0.2) is 11.5 Å². The molecule has 3 heterocycles. The Morgan fingerprint density at radius 2 is 2.03 bits per heavy atom. The van der Waals surface area contributed by atoms with Crippen LogP contribution in [0.3, 0.4) is 0 Å². The summed E-state index contributed by atoms with van der Waals surface area (Å²) in [7, 11) is 0. The second kappa shape index (κ2) is 11.4. The molecular weight excluding hydrogens is 430 g/mol. The third-order valence-corrected chi connectivity index (χ3v) is 4.95. The number of nitrogens with two attached hydrogens (primary N) is 1. The van der Waals surface area contributed by atoms with Gasteiger partial charge in [-0.2, -0.15) is 0 Å². The maximum atomic E-state index is 12.6. The number of anilines is 2. The first kappa shape index (κ1) is 23.4. The van der Waals surface area contributed by atoms with Crippen molar-refractivity contribution in [2.24, 2.45) is 0 Å². The Morgan fingerprint density at radius 3 is 2.75 bits per heavy atom. The van der Waals surface area contributed by atoms with E-state index in [4.69, 9.17) is 10.5 Å². The van der Waals surface area contributed by atoms with E-state index in [9.17, 15) is 4.79 Å². The first-order chi connectivity index (χ1) is 15.2. The van der Waals surface area contributed by atoms with Crippen molar-refractivity contribution in [3.05, 3.63) is 60.7 Å². The molecular formula is C22H26ClN7O2. The van der Waals surface area contributed by atoms with Crippen molar-refractivity contribution in [3.63, 3.8) is 0 Å². The summed E-state index contributed by atoms with van der Waals surface area (Å²) in [5.74, 6) is 0.409. The van der Waals surface area contributed by atoms with Gasteiger partial charge >= 0.3 is 0 Å². The Labute approximate surface area is 192 Å². The van der Waals surface area contributed by atoms with Crippen LogP contribution >= 0.6 is 12.4 Å². The number of rotatable bonds is 7. The van der Waals surface area contributed by atoms with Crippen molar-refractivity contribution < 1.29 is 9.53 Å². The third kappa shape index (κ3) is 6.13. The summed E-state index contributed by atoms with van der Waals surface area (Å²) in [6, 6.07) is 11.4. The summed E-state index contributed by atoms with van der Waals surface area (Å²) < 4.78 is 5.85. The number of amides is 1. The third-order valence-electron chi connectivity index (χ3n) is 4.95. The van der Waals surface area contributed by atoms with Crippen molar-refractivity contribution >= 4 is 29.8 Å². The molecule has 0 spiro atoms. The monoisotopic (exact) mass is 455 g/mol. The second-order valence-corrected chi connectivity index (χ2v) is 7.20. The van der Waals surface area contributed by atoms with E-state index >= 15 is 0 Å². The molecule has 0 saturated carbocycles. The first-order valence-electron chi connectivity index (χ1n) is 10.2. The molecule has 1 atom stereocenters. The van der Waals surface area contributed by atoms with Crippen LogP contribution in [0.4, 0.5) is 11.5 Å². The number of aromatic nitrogens is 3. The molecule has 1 aliphatic heterocycles. The Hall–Kier alpha value is -3.27. The number of hydrogen-bond donors (Lipinski definition) is 4. The van der Waals surface area contributed by atoms with Crippen molar-refractivity contribution in [1.29, 1.82) is 0 Å². The molecule has 10 heteroatoms. The predicted octanol–water partition coefficient (Wildman–Crippen LogP) is 2.13. The van der Waals surface area contributed by atoms with Crippen LogP contribution in [-0.4, -0.2) is 53.1 Å². The highest BCUT2D eigenvalue weighted by Gasteiger charge is 2.15. The molecule has 32 heavy (non-hydrogen) atoms. The molecule has 0 bridgehead atoms. The number of nitrogens with one attached hydrogen (secondary N) is 3. The van der Waals surface area contributed by atoms with E-state index in [-0.39, 0.29) is 23.9 Å². The minimum atomic E-state index is -0.439. The predicted molar refractivity (Wildman–Crippen MR) is 126 cm³/mol. The number of nitrogens with zero attached hydrogens (tertiary/aromatic N) is 3. The van der Waals surface area contributed by atoms with E-state index in [1.165, 1.54) is 0 Å². The van der Waals surface area contributed by atoms with Crippen molar-refractivity contribution in [2.75, 3.05) is 37.3 Å². The highest BCUT2D eigenvalue weighted by Crippen LogP contribution is 2.22. The number of hydrogen-bond acceptors (Lipinski definition) is 8. The van der Waals surface area contributed by atoms with Gasteiger partial charge in [0.1, 0.15) is 5.75 Å². The molecule has 1 aromatic carbocycles. The van der Waals surface area contributed by atoms with Gasteiger partial charge in [-0.1, -0.05) is 0 Å². The number of ether oxygens (including phenoxy) is 1. The lowest BCUT2D eigenvalue weighted by atomic mass is 10.1. The van der Waals surface area contributed by atoms with Gasteiger partial charge in [-0.25, -0.2) is 9.97 Å². The lowest BCUT2D eigenvalue weighted by molar-refractivity contribution is 0.102. The van der Waals surface area contributed by atoms with E-state index < -0.39 is 5.91 Å². The van der Waals surface area contributed by atoms with Gasteiger partial charge in [0, 0.05) is 37.4 Å². The maximum Gasteiger partial charge on any atom is 0.278 e. The molecule has 0 aliphatic carbocycles. The zero-order valence-corrected chi connectivity index (χ0v) is 18.3. The SMILES string of the molecule is Cl.Nc1ncc(-c2ccc(OCCC3CNCCN3)cc2)nc1C(=O)Nc1cccnc1. The summed E-state index contributed by atoms with van der Waals surface area (Å²) in [6.45, 7) is 3.61. The smallest absolute Gasteiger partial charge is 0.278 e. The molecule has 5 N–H and O–H groups in total. The molecule has 1 unspecified atom stereocenters. The maximum absolute atomic E-state index is 12.6. The number of halogens is 1. The largest absolute Gasteiger partial charge is 0.494 e. The zero-order chi connectivity index (χ0) is 21.5. The quantitative estimate of drug-likeness (QED) is 0.426. The van der Waals surface area contributed by atoms with Crippen LogP contribution in [0.1, 0.15) is 16.9 Å². The van der Waals surface area contributed by atoms with Crippen LogP contribution in [0, 0.1) is 0 Å². The summed E-state index contributed by atoms with van der Waals surface area (Å²) in [5.41, 5.74) is 7.87. The molecule has 1 amide bonds. The van der Waals surface area contributed by atoms with Crippen molar-refractivity contribution in [1.82, 2.24) is 25.6 Å². The van der Waals surface area contributed by atoms with E-state index in [1.54, 1.807) is 30.7 Å². The summed E-state index contributed by atoms with van der Waals surface area (Å²) in [6.07, 6.45) is 5.66. The van der Waals surface area contributed by atoms with Crippen LogP contribution < -0.4 is 26.4 Å². The van der Waals surface area contributed by atoms with Crippen molar-refractivity contribution in [2.45, 2.75) is 12.5 Å². The number of carbonyl (C=O) groups is 1. The molecule has 1 fully saturated rings. The average molecular weight is 456 g/mol. The van der Waals surface area contributed by atoms with Crippen LogP contribution in [0.25, 0.3) is 11.3 Å². The van der Waals surface area contributed by atoms with Gasteiger partial charge < -0.3 is 26.4 Å². The molecule has 4 rings (SSSR count). The Morgan fingerprint density at radius 1 is 1.19 bits per heavy atom. The van der Waals surface area contributed by atoms with E-state index in [1.807, 2.05) is 24.3 Å². The molecule has 1 aliphatic rings. The van der Waals surface area contributed by atoms with Gasteiger partial charge in [0.25, 0.3) is 5.91 Å². The molecule has 0 radical (unpaired) electrons. The van der Waals surface area contributed by atoms with Gasteiger partial charge in [-0.3, -0.25) is 9.78 Å². The lowest BCUT2D eigenvalue weighted by Gasteiger charge is -2.24. The molecule has 2 aromatic heterocycles. The molecule has 1 saturated heterocycles. The van der Waals surface area contributed by atoms with E-state index in [2.05, 4.69) is 30.9 Å². The summed E-state index contributed by atoms with van der Waals surface area (Å²) >= 11 is 0. The highest BCUT2D eigenvalue weighted by molar-refractivity contribution is 6.05. The minimum absolute atomic E-state index is 0. The van der Waals surface area contributed by atoms with Gasteiger partial charge in [0.05, 0.1) is 30.4 Å². The number of benzene rings is 1. The van der Waals surface area contributed by atoms with E-state index in [0.29, 0.717) is 24.0 Å². The lowest BCUT2D eigenvalue weighted by Crippen LogP contribution is -2.48. The van der Waals surface area contributed by atoms with Crippen LogP contribution in [0.15, 0.2) is 55.0 Å². The standard InChI is InChI=1S/C22H25N7O2.ClH/c23-21-20(22(30)28-17-2-1-8-24-13-17)29-19(14-27-21)15-3-5-18(6-4-15)31-11-7-16-12-25-9-10-26-16;/h1-6,8,13-14,16,25-26H,7,9-12H2,(H2,23,27)(H,28,30);1H. The van der Waals surface area contributed by atoms with Gasteiger partial charge in [-0.15, -0.1) is 12.4 Å². The zero-order valence-electron chi connectivity index (χ0n) is 17.5. The summed E-state index contributed by atoms with van der Waals surface area (Å²) in [4.78, 5) is 25.1. The average Bonchev–Trinajstić information content (AvgIpc) is 2.81. The second-order valence-electron chi connectivity index (χ2n) is 7.20. The van der Waals surface area contributed by atoms with Gasteiger partial charge in [-0.05, 0) is 42.8 Å². The summed E-state index contributed by atoms with van der Waals surface area (Å²) in [5, 5.41) is 9.56. The normalized spacial score (nSPS) is 15.4. The van der Waals surface area contributed by atoms with Crippen LogP contribution in [0.5, 0.6) is 5.75 Å². The van der Waals surface area contributed by atoms with Crippen LogP contribution in [0.2, 0.25) is 0 Å². The highest BCUT2D eigenvalue weighted by atomic mass is 35.5. The fourth-order valence-electron chi connectivity index (χ4n) is 3.29. The Kier molecular flexibility index (Phi) is 8.32. The number of nitrogen functional groups attached to an aromatic ring is 1. The number of pyridine rings is 1. The Bertz CT molecular complexity index is 1010. The molecule has 9 nitrogen and oxygen atoms in total. The fraction of sp³-hybridized carbons (Fsp3) is 0.273. The number of piperazine rings is 1. The minimum Gasteiger partial charge on any atom is -0.494 e. The molecule has 3 aromatic rings. The van der Waals surface area contributed by atoms with E-state index in [0.717, 1.165) is 37.4 Å². The fourth-order valence-corrected chi connectivity index (χ4v) is 3.29. The van der Waals surface area contributed by atoms with Crippen LogP contribution in [-0.2, 0) is 0 Å². The Balaban J connectivity index is 0.00000289. The van der Waals surface area contributed by atoms with Gasteiger partial charge in [0.2, 0.25) is 0 Å². The van der Waals surface area contributed by atoms with Crippen molar-refractivity contribution in [3.8, 4) is 17.0 Å². The number of carbonyl (C=O) groups excluding carboxylic acids is 1. The molecule has 168 valence electrons. The first-order valence-corrected chi connectivity index (χ1v) is 10.2. The topological polar surface area (TPSA) is 127 Å².